The van der Waals surface area contributed by atoms with E-state index in [4.69, 9.17) is 10.3 Å². The van der Waals surface area contributed by atoms with Crippen molar-refractivity contribution in [2.45, 2.75) is 25.8 Å². The number of hydrogen-bond donors (Lipinski definition) is 1. The van der Waals surface area contributed by atoms with Gasteiger partial charge in [0.05, 0.1) is 6.04 Å². The maximum absolute atomic E-state index is 13.4. The Labute approximate surface area is 122 Å². The number of aromatic nitrogens is 2. The third kappa shape index (κ3) is 3.28. The smallest absolute Gasteiger partial charge is 0.258 e. The van der Waals surface area contributed by atoms with E-state index in [0.29, 0.717) is 17.3 Å². The summed E-state index contributed by atoms with van der Waals surface area (Å²) in [6.07, 6.45) is 2.43. The average Bonchev–Trinajstić information content (AvgIpc) is 3.08. The fourth-order valence-corrected chi connectivity index (χ4v) is 2.69. The molecule has 1 aliphatic rings. The van der Waals surface area contributed by atoms with Crippen LogP contribution in [-0.4, -0.2) is 34.7 Å². The van der Waals surface area contributed by atoms with E-state index in [1.54, 1.807) is 0 Å². The quantitative estimate of drug-likeness (QED) is 0.935. The van der Waals surface area contributed by atoms with Gasteiger partial charge in [-0.15, -0.1) is 0 Å². The SMILES string of the molecule is Cc1cc(F)cc(-c2nc(C(N)CN3CCCC3)no2)c1. The van der Waals surface area contributed by atoms with Crippen LogP contribution in [0.25, 0.3) is 11.5 Å². The molecule has 0 radical (unpaired) electrons. The molecule has 0 spiro atoms. The van der Waals surface area contributed by atoms with Crippen LogP contribution in [0, 0.1) is 12.7 Å². The lowest BCUT2D eigenvalue weighted by molar-refractivity contribution is 0.306. The Morgan fingerprint density at radius 2 is 2.10 bits per heavy atom. The zero-order valence-corrected chi connectivity index (χ0v) is 12.1. The van der Waals surface area contributed by atoms with Gasteiger partial charge in [0.15, 0.2) is 5.82 Å². The molecule has 2 N–H and O–H groups in total. The number of hydrogen-bond acceptors (Lipinski definition) is 5. The van der Waals surface area contributed by atoms with Crippen LogP contribution in [0.3, 0.4) is 0 Å². The van der Waals surface area contributed by atoms with Gasteiger partial charge in [-0.3, -0.25) is 0 Å². The highest BCUT2D eigenvalue weighted by molar-refractivity contribution is 5.54. The molecule has 0 saturated carbocycles. The van der Waals surface area contributed by atoms with Crippen molar-refractivity contribution in [1.29, 1.82) is 0 Å². The third-order valence-electron chi connectivity index (χ3n) is 3.72. The number of likely N-dealkylation sites (tertiary alicyclic amines) is 1. The zero-order valence-electron chi connectivity index (χ0n) is 12.1. The molecule has 21 heavy (non-hydrogen) atoms. The Morgan fingerprint density at radius 1 is 1.33 bits per heavy atom. The van der Waals surface area contributed by atoms with E-state index >= 15 is 0 Å². The van der Waals surface area contributed by atoms with E-state index in [1.807, 2.05) is 13.0 Å². The van der Waals surface area contributed by atoms with E-state index in [9.17, 15) is 4.39 Å². The molecule has 1 atom stereocenters. The maximum atomic E-state index is 13.4. The molecule has 0 amide bonds. The third-order valence-corrected chi connectivity index (χ3v) is 3.72. The number of nitrogens with zero attached hydrogens (tertiary/aromatic N) is 3. The molecule has 2 aromatic rings. The van der Waals surface area contributed by atoms with E-state index < -0.39 is 0 Å². The Balaban J connectivity index is 1.75. The molecule has 1 unspecified atom stereocenters. The highest BCUT2D eigenvalue weighted by Crippen LogP contribution is 2.22. The first-order chi connectivity index (χ1) is 10.1. The summed E-state index contributed by atoms with van der Waals surface area (Å²) in [5.74, 6) is 0.467. The largest absolute Gasteiger partial charge is 0.334 e. The molecule has 112 valence electrons. The summed E-state index contributed by atoms with van der Waals surface area (Å²) < 4.78 is 18.6. The van der Waals surface area contributed by atoms with Crippen molar-refractivity contribution in [3.8, 4) is 11.5 Å². The van der Waals surface area contributed by atoms with Crippen LogP contribution in [-0.2, 0) is 0 Å². The number of halogens is 1. The normalized spacial score (nSPS) is 17.3. The minimum atomic E-state index is -0.314. The highest BCUT2D eigenvalue weighted by atomic mass is 19.1. The van der Waals surface area contributed by atoms with Crippen molar-refractivity contribution in [3.05, 3.63) is 35.4 Å². The van der Waals surface area contributed by atoms with Crippen LogP contribution in [0.5, 0.6) is 0 Å². The Kier molecular flexibility index (Phi) is 3.98. The van der Waals surface area contributed by atoms with Gasteiger partial charge >= 0.3 is 0 Å². The number of aryl methyl sites for hydroxylation is 1. The molecule has 1 aliphatic heterocycles. The zero-order chi connectivity index (χ0) is 14.8. The molecule has 0 bridgehead atoms. The molecule has 3 rings (SSSR count). The number of nitrogens with two attached hydrogens (primary N) is 1. The lowest BCUT2D eigenvalue weighted by Crippen LogP contribution is -2.30. The highest BCUT2D eigenvalue weighted by Gasteiger charge is 2.20. The maximum Gasteiger partial charge on any atom is 0.258 e. The van der Waals surface area contributed by atoms with Gasteiger partial charge in [0.2, 0.25) is 0 Å². The average molecular weight is 290 g/mol. The molecular formula is C15H19FN4O. The summed E-state index contributed by atoms with van der Waals surface area (Å²) >= 11 is 0. The molecule has 6 heteroatoms. The lowest BCUT2D eigenvalue weighted by Gasteiger charge is -2.17. The van der Waals surface area contributed by atoms with Crippen LogP contribution in [0.1, 0.15) is 30.3 Å². The van der Waals surface area contributed by atoms with Crippen molar-refractivity contribution in [2.24, 2.45) is 5.73 Å². The summed E-state index contributed by atoms with van der Waals surface area (Å²) in [6, 6.07) is 4.37. The fraction of sp³-hybridized carbons (Fsp3) is 0.467. The van der Waals surface area contributed by atoms with Crippen LogP contribution < -0.4 is 5.73 Å². The Morgan fingerprint density at radius 3 is 2.81 bits per heavy atom. The summed E-state index contributed by atoms with van der Waals surface area (Å²) in [4.78, 5) is 6.61. The minimum Gasteiger partial charge on any atom is -0.334 e. The minimum absolute atomic E-state index is 0.282. The van der Waals surface area contributed by atoms with Gasteiger partial charge in [-0.2, -0.15) is 4.98 Å². The van der Waals surface area contributed by atoms with Gasteiger partial charge in [0.1, 0.15) is 5.82 Å². The molecule has 5 nitrogen and oxygen atoms in total. The van der Waals surface area contributed by atoms with Crippen LogP contribution in [0.15, 0.2) is 22.7 Å². The van der Waals surface area contributed by atoms with Gasteiger partial charge in [0.25, 0.3) is 5.89 Å². The molecule has 1 aromatic heterocycles. The van der Waals surface area contributed by atoms with E-state index in [2.05, 4.69) is 15.0 Å². The molecule has 1 aromatic carbocycles. The van der Waals surface area contributed by atoms with Gasteiger partial charge < -0.3 is 15.2 Å². The van der Waals surface area contributed by atoms with Gasteiger partial charge in [-0.1, -0.05) is 5.16 Å². The molecule has 1 fully saturated rings. The van der Waals surface area contributed by atoms with Crippen LogP contribution >= 0.6 is 0 Å². The first kappa shape index (κ1) is 14.2. The van der Waals surface area contributed by atoms with Crippen molar-refractivity contribution >= 4 is 0 Å². The second kappa shape index (κ2) is 5.91. The predicted octanol–water partition coefficient (Wildman–Crippen LogP) is 2.28. The molecule has 0 aliphatic carbocycles. The lowest BCUT2D eigenvalue weighted by atomic mass is 10.1. The van der Waals surface area contributed by atoms with Gasteiger partial charge in [-0.05, 0) is 56.6 Å². The summed E-state index contributed by atoms with van der Waals surface area (Å²) in [6.45, 7) is 4.69. The standard InChI is InChI=1S/C15H19FN4O/c1-10-6-11(8-12(16)7-10)15-18-14(19-21-15)13(17)9-20-4-2-3-5-20/h6-8,13H,2-5,9,17H2,1H3. The van der Waals surface area contributed by atoms with Crippen LogP contribution in [0.2, 0.25) is 0 Å². The van der Waals surface area contributed by atoms with Crippen LogP contribution in [0.4, 0.5) is 4.39 Å². The summed E-state index contributed by atoms with van der Waals surface area (Å²) in [5, 5.41) is 3.93. The van der Waals surface area contributed by atoms with Crippen molar-refractivity contribution in [3.63, 3.8) is 0 Å². The second-order valence-electron chi connectivity index (χ2n) is 5.59. The van der Waals surface area contributed by atoms with Crippen molar-refractivity contribution in [1.82, 2.24) is 15.0 Å². The van der Waals surface area contributed by atoms with Crippen molar-refractivity contribution < 1.29 is 8.91 Å². The first-order valence-corrected chi connectivity index (χ1v) is 7.21. The topological polar surface area (TPSA) is 68.2 Å². The van der Waals surface area contributed by atoms with Crippen molar-refractivity contribution in [2.75, 3.05) is 19.6 Å². The summed E-state index contributed by atoms with van der Waals surface area (Å²) in [5.41, 5.74) is 7.52. The molecular weight excluding hydrogens is 271 g/mol. The Hall–Kier alpha value is -1.79. The van der Waals surface area contributed by atoms with Gasteiger partial charge in [-0.25, -0.2) is 4.39 Å². The molecule has 2 heterocycles. The fourth-order valence-electron chi connectivity index (χ4n) is 2.69. The number of benzene rings is 1. The molecule has 1 saturated heterocycles. The predicted molar refractivity (Wildman–Crippen MR) is 77.0 cm³/mol. The first-order valence-electron chi connectivity index (χ1n) is 7.21. The number of rotatable bonds is 4. The van der Waals surface area contributed by atoms with E-state index in [0.717, 1.165) is 25.2 Å². The van der Waals surface area contributed by atoms with Gasteiger partial charge in [0, 0.05) is 12.1 Å². The second-order valence-corrected chi connectivity index (χ2v) is 5.59. The Bertz CT molecular complexity index is 602. The van der Waals surface area contributed by atoms with E-state index in [-0.39, 0.29) is 11.9 Å². The van der Waals surface area contributed by atoms with E-state index in [1.165, 1.54) is 25.0 Å². The monoisotopic (exact) mass is 290 g/mol. The summed E-state index contributed by atoms with van der Waals surface area (Å²) in [7, 11) is 0.